The monoisotopic (exact) mass is 610 g/mol. The SMILES string of the molecule is C1=C[CH]([Zr+2][CH]2C(n3c4c(c5ccccc53)CCC4)=Cc3ccccc32)c2cccc(-n3cccc3)c21.[Cl-].[Cl-]. The Bertz CT molecular complexity index is 1710. The van der Waals surface area contributed by atoms with Crippen molar-refractivity contribution < 1.29 is 48.0 Å². The Morgan fingerprint density at radius 2 is 1.55 bits per heavy atom. The summed E-state index contributed by atoms with van der Waals surface area (Å²) in [6.45, 7) is 0. The summed E-state index contributed by atoms with van der Waals surface area (Å²) in [4.78, 5) is 0. The Labute approximate surface area is 247 Å². The van der Waals surface area contributed by atoms with E-state index in [1.165, 1.54) is 58.2 Å². The molecule has 2 nitrogen and oxygen atoms in total. The van der Waals surface area contributed by atoms with Crippen molar-refractivity contribution in [1.29, 1.82) is 0 Å². The Morgan fingerprint density at radius 3 is 2.45 bits per heavy atom. The van der Waals surface area contributed by atoms with Crippen molar-refractivity contribution in [3.63, 3.8) is 0 Å². The van der Waals surface area contributed by atoms with Gasteiger partial charge in [0.25, 0.3) is 0 Å². The van der Waals surface area contributed by atoms with Crippen LogP contribution in [0.2, 0.25) is 0 Å². The second-order valence-corrected chi connectivity index (χ2v) is 13.9. The molecule has 3 aliphatic carbocycles. The smallest absolute Gasteiger partial charge is 1.00 e. The molecule has 3 aliphatic rings. The maximum absolute atomic E-state index is 2.68. The molecule has 0 fully saturated rings. The molecule has 0 spiro atoms. The minimum Gasteiger partial charge on any atom is -1.00 e. The van der Waals surface area contributed by atoms with Crippen LogP contribution in [-0.4, -0.2) is 9.13 Å². The molecule has 0 radical (unpaired) electrons. The molecule has 0 amide bonds. The van der Waals surface area contributed by atoms with E-state index in [0.717, 1.165) is 0 Å². The van der Waals surface area contributed by atoms with Crippen molar-refractivity contribution >= 4 is 28.8 Å². The van der Waals surface area contributed by atoms with Crippen molar-refractivity contribution in [3.8, 4) is 5.69 Å². The number of para-hydroxylation sites is 1. The fraction of sp³-hybridized carbons (Fsp3) is 0.152. The van der Waals surface area contributed by atoms with E-state index in [-0.39, 0.29) is 24.8 Å². The number of benzene rings is 3. The van der Waals surface area contributed by atoms with E-state index in [0.29, 0.717) is 7.25 Å². The van der Waals surface area contributed by atoms with E-state index in [9.17, 15) is 0 Å². The summed E-state index contributed by atoms with van der Waals surface area (Å²) in [6, 6.07) is 29.4. The maximum atomic E-state index is 2.68. The molecular weight excluding hydrogens is 587 g/mol. The number of fused-ring (bicyclic) bond motifs is 5. The van der Waals surface area contributed by atoms with Gasteiger partial charge in [-0.3, -0.25) is 0 Å². The summed E-state index contributed by atoms with van der Waals surface area (Å²) >= 11 is -0.944. The van der Waals surface area contributed by atoms with Gasteiger partial charge in [0, 0.05) is 0 Å². The number of aromatic nitrogens is 2. The van der Waals surface area contributed by atoms with Gasteiger partial charge in [-0.1, -0.05) is 0 Å². The van der Waals surface area contributed by atoms with Crippen molar-refractivity contribution in [2.75, 3.05) is 0 Å². The molecule has 5 heteroatoms. The summed E-state index contributed by atoms with van der Waals surface area (Å²) in [5, 5.41) is 1.47. The maximum Gasteiger partial charge on any atom is -1.00 e. The third-order valence-electron chi connectivity index (χ3n) is 8.23. The van der Waals surface area contributed by atoms with Gasteiger partial charge >= 0.3 is 224 Å². The Kier molecular flexibility index (Phi) is 6.89. The van der Waals surface area contributed by atoms with Gasteiger partial charge in [0.1, 0.15) is 0 Å². The predicted octanol–water partition coefficient (Wildman–Crippen LogP) is 1.83. The average Bonchev–Trinajstić information content (AvgIpc) is 3.73. The van der Waals surface area contributed by atoms with Crippen LogP contribution in [0.25, 0.3) is 34.4 Å². The van der Waals surface area contributed by atoms with Crippen LogP contribution in [0.3, 0.4) is 0 Å². The third-order valence-corrected chi connectivity index (χ3v) is 12.7. The van der Waals surface area contributed by atoms with Crippen LogP contribution in [0.4, 0.5) is 0 Å². The van der Waals surface area contributed by atoms with E-state index in [1.54, 1.807) is 16.8 Å². The number of allylic oxidation sites excluding steroid dienone is 2. The van der Waals surface area contributed by atoms with Gasteiger partial charge in [0.2, 0.25) is 0 Å². The molecule has 0 bridgehead atoms. The molecule has 0 saturated carbocycles. The summed E-state index contributed by atoms with van der Waals surface area (Å²) in [5.41, 5.74) is 13.3. The van der Waals surface area contributed by atoms with Crippen molar-refractivity contribution in [1.82, 2.24) is 9.13 Å². The number of halogens is 2. The zero-order valence-electron chi connectivity index (χ0n) is 20.8. The Hall–Kier alpha value is -2.58. The van der Waals surface area contributed by atoms with Gasteiger partial charge in [-0.05, 0) is 0 Å². The van der Waals surface area contributed by atoms with E-state index in [2.05, 4.69) is 119 Å². The Balaban J connectivity index is 0.00000132. The average molecular weight is 613 g/mol. The number of rotatable bonds is 4. The molecule has 38 heavy (non-hydrogen) atoms. The van der Waals surface area contributed by atoms with E-state index in [4.69, 9.17) is 0 Å². The molecule has 2 atom stereocenters. The van der Waals surface area contributed by atoms with E-state index >= 15 is 0 Å². The topological polar surface area (TPSA) is 9.86 Å². The number of hydrogen-bond donors (Lipinski definition) is 0. The molecule has 2 unspecified atom stereocenters. The van der Waals surface area contributed by atoms with Crippen LogP contribution in [0, 0.1) is 0 Å². The van der Waals surface area contributed by atoms with Crippen molar-refractivity contribution in [2.24, 2.45) is 0 Å². The fourth-order valence-electron chi connectivity index (χ4n) is 6.67. The van der Waals surface area contributed by atoms with Gasteiger partial charge in [0.05, 0.1) is 0 Å². The first-order chi connectivity index (χ1) is 17.9. The first-order valence-corrected chi connectivity index (χ1v) is 15.8. The predicted molar refractivity (Wildman–Crippen MR) is 145 cm³/mol. The molecule has 2 aromatic heterocycles. The van der Waals surface area contributed by atoms with Crippen LogP contribution in [0.15, 0.2) is 97.3 Å². The van der Waals surface area contributed by atoms with Crippen LogP contribution in [0.1, 0.15) is 47.2 Å². The van der Waals surface area contributed by atoms with Crippen LogP contribution in [0.5, 0.6) is 0 Å². The van der Waals surface area contributed by atoms with Crippen molar-refractivity contribution in [2.45, 2.75) is 26.5 Å². The minimum absolute atomic E-state index is 0. The molecule has 8 rings (SSSR count). The second kappa shape index (κ2) is 10.2. The minimum atomic E-state index is -0.944. The molecule has 3 aromatic carbocycles. The quantitative estimate of drug-likeness (QED) is 0.293. The molecule has 2 heterocycles. The van der Waals surface area contributed by atoms with Gasteiger partial charge in [-0.25, -0.2) is 0 Å². The third kappa shape index (κ3) is 3.86. The summed E-state index contributed by atoms with van der Waals surface area (Å²) in [6.07, 6.45) is 15.4. The Morgan fingerprint density at radius 1 is 0.763 bits per heavy atom. The summed E-state index contributed by atoms with van der Waals surface area (Å²) in [7, 11) is 0. The number of aryl methyl sites for hydroxylation is 1. The summed E-state index contributed by atoms with van der Waals surface area (Å²) in [5.74, 6) is 0. The molecule has 0 aliphatic heterocycles. The molecule has 186 valence electrons. The van der Waals surface area contributed by atoms with Crippen LogP contribution >= 0.6 is 0 Å². The van der Waals surface area contributed by atoms with Gasteiger partial charge in [-0.15, -0.1) is 0 Å². The van der Waals surface area contributed by atoms with Gasteiger partial charge in [0.15, 0.2) is 0 Å². The van der Waals surface area contributed by atoms with Crippen molar-refractivity contribution in [3.05, 3.63) is 131 Å². The van der Waals surface area contributed by atoms with Gasteiger partial charge in [-0.2, -0.15) is 0 Å². The molecule has 0 N–H and O–H groups in total. The second-order valence-electron chi connectivity index (χ2n) is 10.1. The standard InChI is InChI=1S/C20H16N.C13H10N.2ClH.Zr/c1-2-7-15-13-16(12-14(15)6-1)21-19-10-4-3-8-17(19)18-9-5-11-20(18)21;1-2-10-14(9-1)13-8-4-6-11-5-3-7-12(11)13;;;/h1-4,6-8,10,12-13H,5,9,11H2;1-10H;2*1H;/q;;;;+2/p-2. The van der Waals surface area contributed by atoms with E-state index < -0.39 is 23.2 Å². The number of nitrogens with zero attached hydrogens (tertiary/aromatic N) is 2. The number of hydrogen-bond acceptors (Lipinski definition) is 0. The fourth-order valence-corrected chi connectivity index (χ4v) is 11.2. The molecule has 0 saturated heterocycles. The van der Waals surface area contributed by atoms with Crippen LogP contribution < -0.4 is 24.8 Å². The summed E-state index contributed by atoms with van der Waals surface area (Å²) < 4.78 is 6.05. The molecular formula is C33H26Cl2N2Zr. The van der Waals surface area contributed by atoms with Crippen LogP contribution in [-0.2, 0) is 36.1 Å². The van der Waals surface area contributed by atoms with Gasteiger partial charge < -0.3 is 24.8 Å². The first-order valence-electron chi connectivity index (χ1n) is 13.0. The first kappa shape index (κ1) is 25.7. The zero-order valence-corrected chi connectivity index (χ0v) is 24.8. The zero-order chi connectivity index (χ0) is 23.6. The normalized spacial score (nSPS) is 18.3. The largest absolute Gasteiger partial charge is 1.00 e. The molecule has 5 aromatic rings. The van der Waals surface area contributed by atoms with E-state index in [1.807, 2.05) is 0 Å².